The Morgan fingerprint density at radius 2 is 2.00 bits per heavy atom. The number of rotatable bonds is 8. The van der Waals surface area contributed by atoms with Gasteiger partial charge in [0, 0.05) is 18.1 Å². The molecule has 5 heteroatoms. The maximum Gasteiger partial charge on any atom is 0.307 e. The maximum absolute atomic E-state index is 11.0. The molecule has 0 aliphatic heterocycles. The molecule has 0 heterocycles. The van der Waals surface area contributed by atoms with Gasteiger partial charge in [0.2, 0.25) is 0 Å². The van der Waals surface area contributed by atoms with Gasteiger partial charge in [0.05, 0.1) is 13.0 Å². The number of benzene rings is 1. The van der Waals surface area contributed by atoms with Crippen molar-refractivity contribution in [2.75, 3.05) is 26.3 Å². The minimum Gasteiger partial charge on any atom is -0.492 e. The second kappa shape index (κ2) is 8.78. The second-order valence-electron chi connectivity index (χ2n) is 3.61. The molecule has 100 valence electrons. The van der Waals surface area contributed by atoms with Crippen LogP contribution < -0.4 is 10.1 Å². The van der Waals surface area contributed by atoms with Crippen LogP contribution in [0.4, 0.5) is 0 Å². The smallest absolute Gasteiger partial charge is 0.307 e. The Labute approximate surface area is 112 Å². The lowest BCUT2D eigenvalue weighted by Crippen LogP contribution is -2.24. The van der Waals surface area contributed by atoms with Crippen LogP contribution in [-0.2, 0) is 9.53 Å². The van der Waals surface area contributed by atoms with E-state index in [9.17, 15) is 4.79 Å². The minimum absolute atomic E-state index is 0.177. The van der Waals surface area contributed by atoms with Crippen LogP contribution in [0, 0.1) is 0 Å². The third kappa shape index (κ3) is 6.47. The first-order valence-corrected chi connectivity index (χ1v) is 6.35. The molecule has 18 heavy (non-hydrogen) atoms. The van der Waals surface area contributed by atoms with Gasteiger partial charge in [0.1, 0.15) is 12.4 Å². The summed E-state index contributed by atoms with van der Waals surface area (Å²) in [5.41, 5.74) is 0. The summed E-state index contributed by atoms with van der Waals surface area (Å²) < 4.78 is 10.3. The molecule has 4 nitrogen and oxygen atoms in total. The molecule has 0 bridgehead atoms. The van der Waals surface area contributed by atoms with Gasteiger partial charge < -0.3 is 14.8 Å². The Hall–Kier alpha value is -1.26. The molecule has 0 radical (unpaired) electrons. The van der Waals surface area contributed by atoms with E-state index in [1.54, 1.807) is 19.1 Å². The number of ether oxygens (including phenoxy) is 2. The lowest BCUT2D eigenvalue weighted by Gasteiger charge is -2.07. The molecule has 0 aliphatic carbocycles. The van der Waals surface area contributed by atoms with Crippen LogP contribution in [0.5, 0.6) is 5.75 Å². The van der Waals surface area contributed by atoms with Gasteiger partial charge in [-0.15, -0.1) is 0 Å². The predicted molar refractivity (Wildman–Crippen MR) is 71.1 cm³/mol. The third-order valence-electron chi connectivity index (χ3n) is 2.17. The molecule has 0 saturated heterocycles. The lowest BCUT2D eigenvalue weighted by atomic mass is 10.3. The van der Waals surface area contributed by atoms with Crippen LogP contribution in [-0.4, -0.2) is 32.3 Å². The summed E-state index contributed by atoms with van der Waals surface area (Å²) in [4.78, 5) is 11.0. The van der Waals surface area contributed by atoms with Gasteiger partial charge in [-0.25, -0.2) is 0 Å². The summed E-state index contributed by atoms with van der Waals surface area (Å²) in [5.74, 6) is 0.607. The highest BCUT2D eigenvalue weighted by Crippen LogP contribution is 2.14. The highest BCUT2D eigenvalue weighted by atomic mass is 35.5. The summed E-state index contributed by atoms with van der Waals surface area (Å²) in [7, 11) is 0. The highest BCUT2D eigenvalue weighted by molar-refractivity contribution is 6.30. The Morgan fingerprint density at radius 1 is 1.28 bits per heavy atom. The molecule has 1 N–H and O–H groups in total. The number of hydrogen-bond donors (Lipinski definition) is 1. The first-order valence-electron chi connectivity index (χ1n) is 5.97. The van der Waals surface area contributed by atoms with Crippen molar-refractivity contribution in [2.45, 2.75) is 13.3 Å². The lowest BCUT2D eigenvalue weighted by molar-refractivity contribution is -0.142. The molecule has 1 rings (SSSR count). The summed E-state index contributed by atoms with van der Waals surface area (Å²) in [6.45, 7) is 4.05. The molecular weight excluding hydrogens is 254 g/mol. The number of carbonyl (C=O) groups is 1. The number of nitrogens with one attached hydrogen (secondary N) is 1. The van der Waals surface area contributed by atoms with Gasteiger partial charge in [-0.3, -0.25) is 4.79 Å². The van der Waals surface area contributed by atoms with E-state index in [2.05, 4.69) is 5.32 Å². The molecule has 0 unspecified atom stereocenters. The Kier molecular flexibility index (Phi) is 7.22. The fraction of sp³-hybridized carbons (Fsp3) is 0.462. The van der Waals surface area contributed by atoms with Crippen molar-refractivity contribution in [1.29, 1.82) is 0 Å². The normalized spacial score (nSPS) is 10.1. The number of carbonyl (C=O) groups excluding carboxylic acids is 1. The molecule has 1 aromatic carbocycles. The number of halogens is 1. The maximum atomic E-state index is 11.0. The largest absolute Gasteiger partial charge is 0.492 e. The Morgan fingerprint density at radius 3 is 2.67 bits per heavy atom. The Bertz CT molecular complexity index is 354. The monoisotopic (exact) mass is 271 g/mol. The van der Waals surface area contributed by atoms with E-state index >= 15 is 0 Å². The van der Waals surface area contributed by atoms with Crippen molar-refractivity contribution in [3.05, 3.63) is 29.3 Å². The van der Waals surface area contributed by atoms with E-state index in [-0.39, 0.29) is 5.97 Å². The van der Waals surface area contributed by atoms with Crippen molar-refractivity contribution >= 4 is 17.6 Å². The standard InChI is InChI=1S/C13H18ClNO3/c1-2-17-13(16)7-8-15-9-10-18-12-5-3-11(14)4-6-12/h3-6,15H,2,7-10H2,1H3. The molecule has 1 aromatic rings. The van der Waals surface area contributed by atoms with Crippen LogP contribution >= 0.6 is 11.6 Å². The average molecular weight is 272 g/mol. The van der Waals surface area contributed by atoms with Crippen molar-refractivity contribution in [3.8, 4) is 5.75 Å². The highest BCUT2D eigenvalue weighted by Gasteiger charge is 2.00. The first-order chi connectivity index (χ1) is 8.72. The van der Waals surface area contributed by atoms with E-state index in [0.717, 1.165) is 5.75 Å². The van der Waals surface area contributed by atoms with Gasteiger partial charge in [0.15, 0.2) is 0 Å². The summed E-state index contributed by atoms with van der Waals surface area (Å²) in [6, 6.07) is 7.21. The third-order valence-corrected chi connectivity index (χ3v) is 2.42. The van der Waals surface area contributed by atoms with Crippen LogP contribution in [0.15, 0.2) is 24.3 Å². The van der Waals surface area contributed by atoms with Gasteiger partial charge in [-0.1, -0.05) is 11.6 Å². The molecule has 0 saturated carbocycles. The van der Waals surface area contributed by atoms with Gasteiger partial charge in [-0.05, 0) is 31.2 Å². The summed E-state index contributed by atoms with van der Waals surface area (Å²) >= 11 is 5.76. The molecular formula is C13H18ClNO3. The van der Waals surface area contributed by atoms with Gasteiger partial charge in [0.25, 0.3) is 0 Å². The first kappa shape index (κ1) is 14.8. The topological polar surface area (TPSA) is 47.6 Å². The van der Waals surface area contributed by atoms with Crippen molar-refractivity contribution in [2.24, 2.45) is 0 Å². The Balaban J connectivity index is 2.02. The van der Waals surface area contributed by atoms with Gasteiger partial charge >= 0.3 is 5.97 Å². The zero-order valence-electron chi connectivity index (χ0n) is 10.4. The molecule has 0 aromatic heterocycles. The van der Waals surface area contributed by atoms with Crippen molar-refractivity contribution in [3.63, 3.8) is 0 Å². The molecule has 0 aliphatic rings. The van der Waals surface area contributed by atoms with Crippen LogP contribution in [0.3, 0.4) is 0 Å². The zero-order chi connectivity index (χ0) is 13.2. The fourth-order valence-electron chi connectivity index (χ4n) is 1.32. The van der Waals surface area contributed by atoms with E-state index in [4.69, 9.17) is 21.1 Å². The second-order valence-corrected chi connectivity index (χ2v) is 4.04. The zero-order valence-corrected chi connectivity index (χ0v) is 11.2. The molecule has 0 atom stereocenters. The van der Waals surface area contributed by atoms with E-state index in [1.165, 1.54) is 0 Å². The van der Waals surface area contributed by atoms with E-state index in [1.807, 2.05) is 12.1 Å². The van der Waals surface area contributed by atoms with Crippen LogP contribution in [0.1, 0.15) is 13.3 Å². The van der Waals surface area contributed by atoms with Crippen molar-refractivity contribution < 1.29 is 14.3 Å². The average Bonchev–Trinajstić information content (AvgIpc) is 2.36. The summed E-state index contributed by atoms with van der Waals surface area (Å²) in [6.07, 6.45) is 0.384. The quantitative estimate of drug-likeness (QED) is 0.582. The van der Waals surface area contributed by atoms with Crippen molar-refractivity contribution in [1.82, 2.24) is 5.32 Å². The van der Waals surface area contributed by atoms with Gasteiger partial charge in [-0.2, -0.15) is 0 Å². The molecule has 0 fully saturated rings. The summed E-state index contributed by atoms with van der Waals surface area (Å²) in [5, 5.41) is 3.79. The molecule has 0 amide bonds. The SMILES string of the molecule is CCOC(=O)CCNCCOc1ccc(Cl)cc1. The molecule has 0 spiro atoms. The van der Waals surface area contributed by atoms with E-state index < -0.39 is 0 Å². The fourth-order valence-corrected chi connectivity index (χ4v) is 1.45. The van der Waals surface area contributed by atoms with E-state index in [0.29, 0.717) is 37.7 Å². The van der Waals surface area contributed by atoms with Crippen LogP contribution in [0.25, 0.3) is 0 Å². The predicted octanol–water partition coefficient (Wildman–Crippen LogP) is 2.26. The van der Waals surface area contributed by atoms with Crippen LogP contribution in [0.2, 0.25) is 5.02 Å². The number of hydrogen-bond acceptors (Lipinski definition) is 4. The number of esters is 1. The minimum atomic E-state index is -0.177.